The zero-order valence-corrected chi connectivity index (χ0v) is 11.6. The van der Waals surface area contributed by atoms with E-state index in [1.165, 1.54) is 0 Å². The third kappa shape index (κ3) is 3.54. The Kier molecular flexibility index (Phi) is 4.51. The summed E-state index contributed by atoms with van der Waals surface area (Å²) in [5, 5.41) is 10.8. The second-order valence-corrected chi connectivity index (χ2v) is 4.56. The molecule has 19 heavy (non-hydrogen) atoms. The predicted molar refractivity (Wildman–Crippen MR) is 74.5 cm³/mol. The summed E-state index contributed by atoms with van der Waals surface area (Å²) in [6.07, 6.45) is 2.70. The number of anilines is 1. The number of H-pyrrole nitrogens is 1. The van der Waals surface area contributed by atoms with Gasteiger partial charge in [0.15, 0.2) is 5.65 Å². The molecule has 0 aromatic carbocycles. The van der Waals surface area contributed by atoms with Crippen LogP contribution in [0.1, 0.15) is 13.3 Å². The van der Waals surface area contributed by atoms with Crippen LogP contribution >= 0.6 is 0 Å². The Morgan fingerprint density at radius 3 is 2.95 bits per heavy atom. The fourth-order valence-electron chi connectivity index (χ4n) is 1.56. The van der Waals surface area contributed by atoms with Gasteiger partial charge in [0.25, 0.3) is 0 Å². The van der Waals surface area contributed by atoms with Crippen molar-refractivity contribution in [1.29, 1.82) is 0 Å². The molecule has 0 amide bonds. The van der Waals surface area contributed by atoms with Crippen molar-refractivity contribution in [3.05, 3.63) is 6.20 Å². The molecule has 7 nitrogen and oxygen atoms in total. The molecule has 2 aromatic heterocycles. The van der Waals surface area contributed by atoms with Crippen LogP contribution in [0.4, 0.5) is 5.95 Å². The minimum Gasteiger partial charge on any atom is -0.476 e. The Bertz CT molecular complexity index is 524. The lowest BCUT2D eigenvalue weighted by Gasteiger charge is -2.11. The van der Waals surface area contributed by atoms with Crippen molar-refractivity contribution in [2.75, 3.05) is 39.1 Å². The van der Waals surface area contributed by atoms with Crippen molar-refractivity contribution >= 4 is 17.0 Å². The predicted octanol–water partition coefficient (Wildman–Crippen LogP) is 1.12. The molecule has 104 valence electrons. The first-order chi connectivity index (χ1) is 9.20. The molecule has 0 radical (unpaired) electrons. The fraction of sp³-hybridized carbons (Fsp3) is 0.583. The maximum absolute atomic E-state index is 5.72. The van der Waals surface area contributed by atoms with Gasteiger partial charge in [-0.05, 0) is 20.5 Å². The molecular formula is C12H20N6O. The van der Waals surface area contributed by atoms with Gasteiger partial charge in [-0.15, -0.1) is 0 Å². The number of nitrogens with zero attached hydrogens (tertiary/aromatic N) is 4. The lowest BCUT2D eigenvalue weighted by atomic mass is 10.4. The number of ether oxygens (including phenoxy) is 1. The van der Waals surface area contributed by atoms with E-state index >= 15 is 0 Å². The van der Waals surface area contributed by atoms with Crippen molar-refractivity contribution in [2.45, 2.75) is 13.3 Å². The number of aromatic amines is 1. The normalized spacial score (nSPS) is 11.2. The van der Waals surface area contributed by atoms with Gasteiger partial charge in [-0.25, -0.2) is 0 Å². The average Bonchev–Trinajstić information content (AvgIpc) is 2.84. The highest BCUT2D eigenvalue weighted by Gasteiger charge is 2.10. The van der Waals surface area contributed by atoms with Crippen LogP contribution in [0.15, 0.2) is 6.20 Å². The zero-order chi connectivity index (χ0) is 13.7. The number of aromatic nitrogens is 4. The molecule has 7 heteroatoms. The van der Waals surface area contributed by atoms with Crippen LogP contribution in [0.2, 0.25) is 0 Å². The van der Waals surface area contributed by atoms with E-state index in [1.54, 1.807) is 6.20 Å². The van der Waals surface area contributed by atoms with Crippen molar-refractivity contribution in [1.82, 2.24) is 25.1 Å². The minimum absolute atomic E-state index is 0.568. The van der Waals surface area contributed by atoms with Crippen LogP contribution in [-0.4, -0.2) is 58.9 Å². The summed E-state index contributed by atoms with van der Waals surface area (Å²) in [6.45, 7) is 4.34. The van der Waals surface area contributed by atoms with E-state index in [9.17, 15) is 0 Å². The Labute approximate surface area is 112 Å². The maximum atomic E-state index is 5.72. The highest BCUT2D eigenvalue weighted by atomic mass is 16.5. The number of hydrogen-bond acceptors (Lipinski definition) is 6. The SMILES string of the molecule is CCCNc1nc(OCCN(C)C)c2cn[nH]c2n1. The van der Waals surface area contributed by atoms with E-state index in [2.05, 4.69) is 37.3 Å². The topological polar surface area (TPSA) is 79.0 Å². The summed E-state index contributed by atoms with van der Waals surface area (Å²) >= 11 is 0. The number of rotatable bonds is 7. The van der Waals surface area contributed by atoms with Crippen molar-refractivity contribution in [2.24, 2.45) is 0 Å². The molecule has 0 spiro atoms. The van der Waals surface area contributed by atoms with E-state index in [4.69, 9.17) is 4.74 Å². The van der Waals surface area contributed by atoms with Gasteiger partial charge in [0, 0.05) is 13.1 Å². The largest absolute Gasteiger partial charge is 0.476 e. The number of nitrogens with one attached hydrogen (secondary N) is 2. The third-order valence-electron chi connectivity index (χ3n) is 2.59. The van der Waals surface area contributed by atoms with Crippen LogP contribution in [0.3, 0.4) is 0 Å². The van der Waals surface area contributed by atoms with Crippen LogP contribution in [0, 0.1) is 0 Å². The van der Waals surface area contributed by atoms with Gasteiger partial charge in [0.1, 0.15) is 12.0 Å². The van der Waals surface area contributed by atoms with E-state index in [0.717, 1.165) is 24.9 Å². The standard InChI is InChI=1S/C12H20N6O/c1-4-5-13-12-15-10-9(8-14-17-10)11(16-12)19-7-6-18(2)3/h8H,4-7H2,1-3H3,(H2,13,14,15,16,17). The van der Waals surface area contributed by atoms with Crippen molar-refractivity contribution in [3.63, 3.8) is 0 Å². The quantitative estimate of drug-likeness (QED) is 0.780. The molecule has 0 saturated heterocycles. The molecule has 0 saturated carbocycles. The Hall–Kier alpha value is -1.89. The Balaban J connectivity index is 2.16. The summed E-state index contributed by atoms with van der Waals surface area (Å²) in [5.74, 6) is 1.14. The van der Waals surface area contributed by atoms with Gasteiger partial charge in [-0.3, -0.25) is 5.10 Å². The molecule has 0 unspecified atom stereocenters. The van der Waals surface area contributed by atoms with E-state index in [0.29, 0.717) is 24.1 Å². The van der Waals surface area contributed by atoms with E-state index in [-0.39, 0.29) is 0 Å². The van der Waals surface area contributed by atoms with Crippen molar-refractivity contribution < 1.29 is 4.74 Å². The number of likely N-dealkylation sites (N-methyl/N-ethyl adjacent to an activating group) is 1. The smallest absolute Gasteiger partial charge is 0.229 e. The fourth-order valence-corrected chi connectivity index (χ4v) is 1.56. The molecule has 0 aliphatic rings. The molecule has 0 aliphatic heterocycles. The molecule has 0 atom stereocenters. The second kappa shape index (κ2) is 6.33. The first-order valence-electron chi connectivity index (χ1n) is 6.43. The first kappa shape index (κ1) is 13.5. The van der Waals surface area contributed by atoms with Gasteiger partial charge in [0.05, 0.1) is 6.20 Å². The van der Waals surface area contributed by atoms with Crippen molar-refractivity contribution in [3.8, 4) is 5.88 Å². The molecule has 0 bridgehead atoms. The lowest BCUT2D eigenvalue weighted by Crippen LogP contribution is -2.20. The van der Waals surface area contributed by atoms with Crippen LogP contribution in [0.5, 0.6) is 5.88 Å². The molecule has 2 heterocycles. The molecule has 2 rings (SSSR count). The molecular weight excluding hydrogens is 244 g/mol. The van der Waals surface area contributed by atoms with Gasteiger partial charge in [-0.1, -0.05) is 6.92 Å². The summed E-state index contributed by atoms with van der Waals surface area (Å²) < 4.78 is 5.72. The van der Waals surface area contributed by atoms with Gasteiger partial charge < -0.3 is 15.0 Å². The Morgan fingerprint density at radius 1 is 1.37 bits per heavy atom. The summed E-state index contributed by atoms with van der Waals surface area (Å²) in [5.41, 5.74) is 0.688. The summed E-state index contributed by atoms with van der Waals surface area (Å²) in [7, 11) is 4.01. The molecule has 2 aromatic rings. The lowest BCUT2D eigenvalue weighted by molar-refractivity contribution is 0.256. The zero-order valence-electron chi connectivity index (χ0n) is 11.6. The maximum Gasteiger partial charge on any atom is 0.229 e. The average molecular weight is 264 g/mol. The third-order valence-corrected chi connectivity index (χ3v) is 2.59. The van der Waals surface area contributed by atoms with Crippen LogP contribution < -0.4 is 10.1 Å². The number of hydrogen-bond donors (Lipinski definition) is 2. The number of fused-ring (bicyclic) bond motifs is 1. The molecule has 0 aliphatic carbocycles. The minimum atomic E-state index is 0.568. The molecule has 2 N–H and O–H groups in total. The van der Waals surface area contributed by atoms with E-state index < -0.39 is 0 Å². The van der Waals surface area contributed by atoms with Crippen LogP contribution in [-0.2, 0) is 0 Å². The first-order valence-corrected chi connectivity index (χ1v) is 6.43. The molecule has 0 fully saturated rings. The summed E-state index contributed by atoms with van der Waals surface area (Å²) in [4.78, 5) is 10.8. The summed E-state index contributed by atoms with van der Waals surface area (Å²) in [6, 6.07) is 0. The van der Waals surface area contributed by atoms with Gasteiger partial charge in [-0.2, -0.15) is 15.1 Å². The van der Waals surface area contributed by atoms with Crippen LogP contribution in [0.25, 0.3) is 11.0 Å². The second-order valence-electron chi connectivity index (χ2n) is 4.56. The monoisotopic (exact) mass is 264 g/mol. The highest BCUT2D eigenvalue weighted by Crippen LogP contribution is 2.21. The van der Waals surface area contributed by atoms with Gasteiger partial charge in [0.2, 0.25) is 11.8 Å². The highest BCUT2D eigenvalue weighted by molar-refractivity contribution is 5.80. The van der Waals surface area contributed by atoms with Gasteiger partial charge >= 0.3 is 0 Å². The van der Waals surface area contributed by atoms with E-state index in [1.807, 2.05) is 14.1 Å². The Morgan fingerprint density at radius 2 is 2.21 bits per heavy atom.